The summed E-state index contributed by atoms with van der Waals surface area (Å²) in [5.74, 6) is 1.34. The Morgan fingerprint density at radius 2 is 2.05 bits per heavy atom. The molecule has 7 nitrogen and oxygen atoms in total. The van der Waals surface area contributed by atoms with E-state index >= 15 is 0 Å². The highest BCUT2D eigenvalue weighted by Crippen LogP contribution is 2.27. The van der Waals surface area contributed by atoms with Gasteiger partial charge in [-0.25, -0.2) is 19.7 Å². The molecule has 1 aliphatic carbocycles. The van der Waals surface area contributed by atoms with E-state index in [4.69, 9.17) is 5.73 Å². The summed E-state index contributed by atoms with van der Waals surface area (Å²) in [6.07, 6.45) is 8.49. The molecule has 22 heavy (non-hydrogen) atoms. The van der Waals surface area contributed by atoms with Crippen molar-refractivity contribution in [3.8, 4) is 0 Å². The van der Waals surface area contributed by atoms with Crippen molar-refractivity contribution in [2.75, 3.05) is 12.8 Å². The molecule has 2 aromatic heterocycles. The molecule has 2 aromatic rings. The number of methoxy groups -OCH3 is 1. The second-order valence-corrected chi connectivity index (χ2v) is 5.84. The van der Waals surface area contributed by atoms with Gasteiger partial charge in [0.2, 0.25) is 5.82 Å². The molecule has 0 unspecified atom stereocenters. The summed E-state index contributed by atoms with van der Waals surface area (Å²) in [5.41, 5.74) is 6.86. The number of hydrogen-bond donors (Lipinski definition) is 2. The summed E-state index contributed by atoms with van der Waals surface area (Å²) >= 11 is 0. The van der Waals surface area contributed by atoms with E-state index < -0.39 is 5.97 Å². The Labute approximate surface area is 128 Å². The molecule has 0 bridgehead atoms. The number of rotatable bonds is 4. The van der Waals surface area contributed by atoms with Crippen molar-refractivity contribution >= 4 is 23.0 Å². The number of ether oxygens (including phenoxy) is 1. The zero-order valence-corrected chi connectivity index (χ0v) is 12.8. The highest BCUT2D eigenvalue weighted by Gasteiger charge is 2.17. The quantitative estimate of drug-likeness (QED) is 0.839. The minimum absolute atomic E-state index is 0.0999. The van der Waals surface area contributed by atoms with Crippen molar-refractivity contribution in [2.45, 2.75) is 44.9 Å². The Bertz CT molecular complexity index is 676. The number of H-pyrrole nitrogens is 1. The highest BCUT2D eigenvalue weighted by atomic mass is 16.5. The number of aryl methyl sites for hydroxylation is 1. The van der Waals surface area contributed by atoms with Gasteiger partial charge in [-0.05, 0) is 12.3 Å². The Hall–Kier alpha value is -2.18. The lowest BCUT2D eigenvalue weighted by atomic mass is 9.86. The SMILES string of the molecule is COC(=O)c1nc2nc(CCC3CCCCC3)nc(N)c2[nH]1. The number of nitrogens with zero attached hydrogens (tertiary/aromatic N) is 3. The Balaban J connectivity index is 1.77. The molecule has 2 heterocycles. The third-order valence-corrected chi connectivity index (χ3v) is 4.31. The van der Waals surface area contributed by atoms with Crippen molar-refractivity contribution in [1.29, 1.82) is 0 Å². The van der Waals surface area contributed by atoms with Crippen LogP contribution in [0.2, 0.25) is 0 Å². The molecule has 118 valence electrons. The molecule has 3 rings (SSSR count). The second-order valence-electron chi connectivity index (χ2n) is 5.84. The molecular weight excluding hydrogens is 282 g/mol. The van der Waals surface area contributed by atoms with E-state index in [-0.39, 0.29) is 5.82 Å². The molecule has 1 saturated carbocycles. The maximum atomic E-state index is 11.5. The minimum atomic E-state index is -0.541. The number of carbonyl (C=O) groups is 1. The van der Waals surface area contributed by atoms with Crippen LogP contribution in [0.5, 0.6) is 0 Å². The van der Waals surface area contributed by atoms with Gasteiger partial charge in [-0.15, -0.1) is 0 Å². The normalized spacial score (nSPS) is 16.0. The summed E-state index contributed by atoms with van der Waals surface area (Å²) in [6, 6.07) is 0. The molecule has 1 aliphatic rings. The van der Waals surface area contributed by atoms with E-state index in [1.807, 2.05) is 0 Å². The van der Waals surface area contributed by atoms with Crippen LogP contribution in [0.25, 0.3) is 11.2 Å². The topological polar surface area (TPSA) is 107 Å². The van der Waals surface area contributed by atoms with Gasteiger partial charge in [0.25, 0.3) is 0 Å². The first-order chi connectivity index (χ1) is 10.7. The molecule has 7 heteroatoms. The smallest absolute Gasteiger partial charge is 0.374 e. The van der Waals surface area contributed by atoms with Gasteiger partial charge in [-0.2, -0.15) is 0 Å². The summed E-state index contributed by atoms with van der Waals surface area (Å²) in [7, 11) is 1.31. The summed E-state index contributed by atoms with van der Waals surface area (Å²) in [5, 5.41) is 0. The molecule has 0 atom stereocenters. The molecule has 0 amide bonds. The van der Waals surface area contributed by atoms with Gasteiger partial charge in [-0.3, -0.25) is 0 Å². The number of fused-ring (bicyclic) bond motifs is 1. The van der Waals surface area contributed by atoms with E-state index in [0.29, 0.717) is 22.8 Å². The molecule has 1 fully saturated rings. The number of anilines is 1. The van der Waals surface area contributed by atoms with E-state index in [1.54, 1.807) is 0 Å². The molecule has 3 N–H and O–H groups in total. The lowest BCUT2D eigenvalue weighted by Crippen LogP contribution is -2.09. The number of aromatic nitrogens is 4. The fraction of sp³-hybridized carbons (Fsp3) is 0.600. The van der Waals surface area contributed by atoms with Crippen LogP contribution in [0.15, 0.2) is 0 Å². The molecule has 0 radical (unpaired) electrons. The fourth-order valence-corrected chi connectivity index (χ4v) is 3.08. The number of imidazole rings is 1. The van der Waals surface area contributed by atoms with E-state index in [1.165, 1.54) is 39.2 Å². The van der Waals surface area contributed by atoms with Crippen molar-refractivity contribution in [3.05, 3.63) is 11.6 Å². The number of nitrogens with one attached hydrogen (secondary N) is 1. The number of hydrogen-bond acceptors (Lipinski definition) is 6. The van der Waals surface area contributed by atoms with Crippen molar-refractivity contribution in [2.24, 2.45) is 5.92 Å². The van der Waals surface area contributed by atoms with Gasteiger partial charge < -0.3 is 15.5 Å². The summed E-state index contributed by atoms with van der Waals surface area (Å²) < 4.78 is 4.64. The molecule has 0 saturated heterocycles. The average molecular weight is 303 g/mol. The van der Waals surface area contributed by atoms with Crippen molar-refractivity contribution in [3.63, 3.8) is 0 Å². The molecule has 0 aliphatic heterocycles. The van der Waals surface area contributed by atoms with Gasteiger partial charge in [0, 0.05) is 6.42 Å². The highest BCUT2D eigenvalue weighted by molar-refractivity contribution is 5.91. The monoisotopic (exact) mass is 303 g/mol. The standard InChI is InChI=1S/C15H21N5O2/c1-22-15(21)14-19-11-12(16)17-10(18-13(11)20-14)8-7-9-5-3-2-4-6-9/h9H,2-8H2,1H3,(H3,16,17,18,19,20). The maximum Gasteiger partial charge on any atom is 0.374 e. The maximum absolute atomic E-state index is 11.5. The first kappa shape index (κ1) is 14.7. The third-order valence-electron chi connectivity index (χ3n) is 4.31. The summed E-state index contributed by atoms with van der Waals surface area (Å²) in [4.78, 5) is 27.2. The fourth-order valence-electron chi connectivity index (χ4n) is 3.08. The van der Waals surface area contributed by atoms with E-state index in [0.717, 1.165) is 18.8 Å². The van der Waals surface area contributed by atoms with E-state index in [2.05, 4.69) is 24.7 Å². The number of carbonyl (C=O) groups excluding carboxylic acids is 1. The Kier molecular flexibility index (Phi) is 4.22. The van der Waals surface area contributed by atoms with Crippen LogP contribution >= 0.6 is 0 Å². The van der Waals surface area contributed by atoms with Gasteiger partial charge in [-0.1, -0.05) is 32.1 Å². The predicted molar refractivity (Wildman–Crippen MR) is 82.3 cm³/mol. The molecule has 0 aromatic carbocycles. The summed E-state index contributed by atoms with van der Waals surface area (Å²) in [6.45, 7) is 0. The van der Waals surface area contributed by atoms with Crippen LogP contribution in [0, 0.1) is 5.92 Å². The minimum Gasteiger partial charge on any atom is -0.463 e. The molecular formula is C15H21N5O2. The number of nitrogens with two attached hydrogens (primary N) is 1. The van der Waals surface area contributed by atoms with Crippen molar-refractivity contribution < 1.29 is 9.53 Å². The van der Waals surface area contributed by atoms with Crippen LogP contribution in [0.3, 0.4) is 0 Å². The lowest BCUT2D eigenvalue weighted by molar-refractivity contribution is 0.0588. The van der Waals surface area contributed by atoms with Crippen LogP contribution in [0.4, 0.5) is 5.82 Å². The average Bonchev–Trinajstić information content (AvgIpc) is 2.98. The third kappa shape index (κ3) is 3.03. The van der Waals surface area contributed by atoms with Crippen molar-refractivity contribution in [1.82, 2.24) is 19.9 Å². The first-order valence-corrected chi connectivity index (χ1v) is 7.78. The number of nitrogen functional groups attached to an aromatic ring is 1. The van der Waals surface area contributed by atoms with Crippen LogP contribution < -0.4 is 5.73 Å². The van der Waals surface area contributed by atoms with Gasteiger partial charge >= 0.3 is 5.97 Å². The predicted octanol–water partition coefficient (Wildman–Crippen LogP) is 2.23. The van der Waals surface area contributed by atoms with Gasteiger partial charge in [0.05, 0.1) is 7.11 Å². The van der Waals surface area contributed by atoms with Crippen LogP contribution in [-0.4, -0.2) is 33.0 Å². The zero-order chi connectivity index (χ0) is 15.5. The largest absolute Gasteiger partial charge is 0.463 e. The van der Waals surface area contributed by atoms with Gasteiger partial charge in [0.1, 0.15) is 11.3 Å². The van der Waals surface area contributed by atoms with Gasteiger partial charge in [0.15, 0.2) is 11.5 Å². The number of aromatic amines is 1. The molecule has 0 spiro atoms. The zero-order valence-electron chi connectivity index (χ0n) is 12.8. The Morgan fingerprint density at radius 1 is 1.27 bits per heavy atom. The van der Waals surface area contributed by atoms with E-state index in [9.17, 15) is 4.79 Å². The van der Waals surface area contributed by atoms with Crippen LogP contribution in [0.1, 0.15) is 55.0 Å². The lowest BCUT2D eigenvalue weighted by Gasteiger charge is -2.20. The number of esters is 1. The first-order valence-electron chi connectivity index (χ1n) is 7.78. The Morgan fingerprint density at radius 3 is 2.77 bits per heavy atom. The van der Waals surface area contributed by atoms with Crippen LogP contribution in [-0.2, 0) is 11.2 Å². The second kappa shape index (κ2) is 6.29.